The fourth-order valence-electron chi connectivity index (χ4n) is 2.34. The Kier molecular flexibility index (Phi) is 5.30. The maximum atomic E-state index is 13.3. The van der Waals surface area contributed by atoms with Gasteiger partial charge in [0.25, 0.3) is 0 Å². The van der Waals surface area contributed by atoms with Crippen LogP contribution < -0.4 is 5.32 Å². The van der Waals surface area contributed by atoms with E-state index in [9.17, 15) is 4.39 Å². The molecule has 0 aliphatic heterocycles. The third kappa shape index (κ3) is 4.46. The van der Waals surface area contributed by atoms with E-state index >= 15 is 0 Å². The van der Waals surface area contributed by atoms with Crippen LogP contribution >= 0.6 is 0 Å². The summed E-state index contributed by atoms with van der Waals surface area (Å²) in [6.07, 6.45) is 4.71. The summed E-state index contributed by atoms with van der Waals surface area (Å²) >= 11 is 0. The first-order valence-corrected chi connectivity index (χ1v) is 7.13. The van der Waals surface area contributed by atoms with Crippen molar-refractivity contribution in [3.8, 4) is 0 Å². The third-order valence-corrected chi connectivity index (χ3v) is 3.28. The Morgan fingerprint density at radius 1 is 1.30 bits per heavy atom. The molecule has 0 spiro atoms. The second-order valence-corrected chi connectivity index (χ2v) is 5.17. The Hall–Kier alpha value is -1.68. The van der Waals surface area contributed by atoms with Crippen LogP contribution in [0.4, 0.5) is 4.39 Å². The molecule has 4 heteroatoms. The van der Waals surface area contributed by atoms with Gasteiger partial charge in [0, 0.05) is 25.7 Å². The number of hydrogen-bond donors (Lipinski definition) is 1. The van der Waals surface area contributed by atoms with E-state index in [1.165, 1.54) is 6.07 Å². The van der Waals surface area contributed by atoms with Gasteiger partial charge in [-0.2, -0.15) is 5.10 Å². The van der Waals surface area contributed by atoms with E-state index in [1.54, 1.807) is 12.1 Å². The maximum Gasteiger partial charge on any atom is 0.123 e. The van der Waals surface area contributed by atoms with Crippen molar-refractivity contribution in [2.45, 2.75) is 32.2 Å². The van der Waals surface area contributed by atoms with Crippen molar-refractivity contribution in [3.05, 3.63) is 53.6 Å². The standard InChI is InChI=1S/C16H22FN3/c1-3-8-18-16(12-15-7-9-20(2)19-15)11-13-5-4-6-14(17)10-13/h4-7,9-10,16,18H,3,8,11-12H2,1-2H3. The fourth-order valence-corrected chi connectivity index (χ4v) is 2.34. The molecule has 2 rings (SSSR count). The highest BCUT2D eigenvalue weighted by molar-refractivity contribution is 5.18. The van der Waals surface area contributed by atoms with Gasteiger partial charge in [-0.25, -0.2) is 4.39 Å². The Morgan fingerprint density at radius 3 is 2.80 bits per heavy atom. The lowest BCUT2D eigenvalue weighted by molar-refractivity contribution is 0.496. The van der Waals surface area contributed by atoms with Crippen LogP contribution in [-0.2, 0) is 19.9 Å². The van der Waals surface area contributed by atoms with Crippen LogP contribution in [-0.4, -0.2) is 22.4 Å². The molecule has 0 fully saturated rings. The monoisotopic (exact) mass is 275 g/mol. The lowest BCUT2D eigenvalue weighted by Gasteiger charge is -2.17. The van der Waals surface area contributed by atoms with Crippen molar-refractivity contribution in [1.82, 2.24) is 15.1 Å². The van der Waals surface area contributed by atoms with Crippen LogP contribution in [0.3, 0.4) is 0 Å². The van der Waals surface area contributed by atoms with Gasteiger partial charge in [0.1, 0.15) is 5.82 Å². The van der Waals surface area contributed by atoms with Gasteiger partial charge >= 0.3 is 0 Å². The van der Waals surface area contributed by atoms with Crippen LogP contribution in [0.15, 0.2) is 36.5 Å². The first-order valence-electron chi connectivity index (χ1n) is 7.13. The highest BCUT2D eigenvalue weighted by atomic mass is 19.1. The molecule has 2 aromatic rings. The SMILES string of the molecule is CCCNC(Cc1cccc(F)c1)Cc1ccn(C)n1. The summed E-state index contributed by atoms with van der Waals surface area (Å²) in [5.74, 6) is -0.172. The molecule has 0 bridgehead atoms. The first kappa shape index (κ1) is 14.7. The van der Waals surface area contributed by atoms with E-state index in [2.05, 4.69) is 17.3 Å². The maximum absolute atomic E-state index is 13.3. The van der Waals surface area contributed by atoms with Crippen molar-refractivity contribution in [2.24, 2.45) is 7.05 Å². The average molecular weight is 275 g/mol. The minimum absolute atomic E-state index is 0.172. The van der Waals surface area contributed by atoms with Crippen LogP contribution in [0, 0.1) is 5.82 Å². The Balaban J connectivity index is 2.02. The highest BCUT2D eigenvalue weighted by Gasteiger charge is 2.12. The van der Waals surface area contributed by atoms with E-state index < -0.39 is 0 Å². The molecule has 0 radical (unpaired) electrons. The number of nitrogens with one attached hydrogen (secondary N) is 1. The minimum Gasteiger partial charge on any atom is -0.313 e. The van der Waals surface area contributed by atoms with Crippen molar-refractivity contribution < 1.29 is 4.39 Å². The zero-order valence-corrected chi connectivity index (χ0v) is 12.1. The van der Waals surface area contributed by atoms with Gasteiger partial charge in [-0.05, 0) is 43.1 Å². The lowest BCUT2D eigenvalue weighted by Crippen LogP contribution is -2.34. The summed E-state index contributed by atoms with van der Waals surface area (Å²) < 4.78 is 15.1. The Bertz CT molecular complexity index is 536. The second kappa shape index (κ2) is 7.20. The van der Waals surface area contributed by atoms with Crippen LogP contribution in [0.5, 0.6) is 0 Å². The molecule has 0 saturated carbocycles. The molecule has 3 nitrogen and oxygen atoms in total. The Morgan fingerprint density at radius 2 is 2.15 bits per heavy atom. The lowest BCUT2D eigenvalue weighted by atomic mass is 10.0. The van der Waals surface area contributed by atoms with Gasteiger partial charge < -0.3 is 5.32 Å². The predicted octanol–water partition coefficient (Wildman–Crippen LogP) is 2.71. The summed E-state index contributed by atoms with van der Waals surface area (Å²) in [5, 5.41) is 7.94. The van der Waals surface area contributed by atoms with Crippen molar-refractivity contribution in [1.29, 1.82) is 0 Å². The molecule has 0 amide bonds. The van der Waals surface area contributed by atoms with E-state index in [0.29, 0.717) is 0 Å². The molecular formula is C16H22FN3. The summed E-state index contributed by atoms with van der Waals surface area (Å²) in [6, 6.07) is 9.15. The molecule has 0 aliphatic rings. The van der Waals surface area contributed by atoms with Crippen molar-refractivity contribution in [3.63, 3.8) is 0 Å². The molecule has 1 heterocycles. The van der Waals surface area contributed by atoms with Crippen molar-refractivity contribution >= 4 is 0 Å². The largest absolute Gasteiger partial charge is 0.313 e. The molecular weight excluding hydrogens is 253 g/mol. The number of benzene rings is 1. The van der Waals surface area contributed by atoms with Gasteiger partial charge in [-0.15, -0.1) is 0 Å². The number of nitrogens with zero attached hydrogens (tertiary/aromatic N) is 2. The van der Waals surface area contributed by atoms with E-state index in [4.69, 9.17) is 0 Å². The minimum atomic E-state index is -0.172. The molecule has 0 aliphatic carbocycles. The van der Waals surface area contributed by atoms with E-state index in [0.717, 1.165) is 37.1 Å². The van der Waals surface area contributed by atoms with Crippen molar-refractivity contribution in [2.75, 3.05) is 6.54 Å². The topological polar surface area (TPSA) is 29.9 Å². The summed E-state index contributed by atoms with van der Waals surface area (Å²) in [7, 11) is 1.92. The molecule has 1 unspecified atom stereocenters. The predicted molar refractivity (Wildman–Crippen MR) is 79.1 cm³/mol. The molecule has 1 N–H and O–H groups in total. The van der Waals surface area contributed by atoms with Gasteiger partial charge in [0.05, 0.1) is 5.69 Å². The molecule has 1 aromatic carbocycles. The zero-order valence-electron chi connectivity index (χ0n) is 12.1. The number of rotatable bonds is 7. The fraction of sp³-hybridized carbons (Fsp3) is 0.438. The molecule has 1 atom stereocenters. The van der Waals surface area contributed by atoms with E-state index in [-0.39, 0.29) is 11.9 Å². The first-order chi connectivity index (χ1) is 9.67. The van der Waals surface area contributed by atoms with Crippen LogP contribution in [0.1, 0.15) is 24.6 Å². The van der Waals surface area contributed by atoms with E-state index in [1.807, 2.05) is 30.1 Å². The number of hydrogen-bond acceptors (Lipinski definition) is 2. The zero-order chi connectivity index (χ0) is 14.4. The normalized spacial score (nSPS) is 12.6. The highest BCUT2D eigenvalue weighted by Crippen LogP contribution is 2.10. The average Bonchev–Trinajstić information content (AvgIpc) is 2.81. The number of aromatic nitrogens is 2. The van der Waals surface area contributed by atoms with Gasteiger partial charge in [-0.1, -0.05) is 19.1 Å². The van der Waals surface area contributed by atoms with Crippen LogP contribution in [0.25, 0.3) is 0 Å². The Labute approximate surface area is 119 Å². The summed E-state index contributed by atoms with van der Waals surface area (Å²) in [4.78, 5) is 0. The smallest absolute Gasteiger partial charge is 0.123 e. The van der Waals surface area contributed by atoms with Crippen LogP contribution in [0.2, 0.25) is 0 Å². The van der Waals surface area contributed by atoms with Gasteiger partial charge in [0.2, 0.25) is 0 Å². The van der Waals surface area contributed by atoms with Gasteiger partial charge in [-0.3, -0.25) is 4.68 Å². The molecule has 20 heavy (non-hydrogen) atoms. The quantitative estimate of drug-likeness (QED) is 0.842. The van der Waals surface area contributed by atoms with Gasteiger partial charge in [0.15, 0.2) is 0 Å². The summed E-state index contributed by atoms with van der Waals surface area (Å²) in [6.45, 7) is 3.11. The number of halogens is 1. The molecule has 0 saturated heterocycles. The number of aryl methyl sites for hydroxylation is 1. The second-order valence-electron chi connectivity index (χ2n) is 5.17. The molecule has 108 valence electrons. The third-order valence-electron chi connectivity index (χ3n) is 3.28. The summed E-state index contributed by atoms with van der Waals surface area (Å²) in [5.41, 5.74) is 2.09. The molecule has 1 aromatic heterocycles.